The second-order valence-corrected chi connectivity index (χ2v) is 6.09. The summed E-state index contributed by atoms with van der Waals surface area (Å²) in [4.78, 5) is 0. The highest BCUT2D eigenvalue weighted by Gasteiger charge is 2.34. The Morgan fingerprint density at radius 3 is 2.52 bits per heavy atom. The fourth-order valence-corrected chi connectivity index (χ4v) is 2.99. The minimum absolute atomic E-state index is 0.101. The first kappa shape index (κ1) is 16.3. The molecule has 1 atom stereocenters. The molecule has 1 fully saturated rings. The van der Waals surface area contributed by atoms with Crippen LogP contribution in [0.4, 0.5) is 13.2 Å². The molecule has 0 amide bonds. The first-order chi connectivity index (χ1) is 9.86. The van der Waals surface area contributed by atoms with E-state index in [4.69, 9.17) is 0 Å². The van der Waals surface area contributed by atoms with Crippen molar-refractivity contribution in [3.05, 3.63) is 35.4 Å². The molecule has 1 aliphatic carbocycles. The molecular weight excluding hydrogens is 279 g/mol. The quantitative estimate of drug-likeness (QED) is 0.864. The van der Waals surface area contributed by atoms with Gasteiger partial charge in [0, 0.05) is 24.6 Å². The Kier molecular flexibility index (Phi) is 4.94. The van der Waals surface area contributed by atoms with Gasteiger partial charge in [-0.2, -0.15) is 13.2 Å². The zero-order valence-electron chi connectivity index (χ0n) is 12.2. The molecule has 1 aliphatic rings. The molecule has 1 saturated carbocycles. The lowest BCUT2D eigenvalue weighted by atomic mass is 9.87. The summed E-state index contributed by atoms with van der Waals surface area (Å²) in [5, 5.41) is 12.8. The molecule has 5 heteroatoms. The van der Waals surface area contributed by atoms with Gasteiger partial charge in [0.1, 0.15) is 0 Å². The van der Waals surface area contributed by atoms with Crippen LogP contribution in [0, 0.1) is 5.41 Å². The van der Waals surface area contributed by atoms with Gasteiger partial charge in [-0.3, -0.25) is 0 Å². The molecule has 0 aromatic heterocycles. The smallest absolute Gasteiger partial charge is 0.396 e. The minimum atomic E-state index is -4.31. The van der Waals surface area contributed by atoms with Gasteiger partial charge in [0.05, 0.1) is 5.56 Å². The van der Waals surface area contributed by atoms with Crippen LogP contribution >= 0.6 is 0 Å². The maximum atomic E-state index is 12.7. The van der Waals surface area contributed by atoms with E-state index in [2.05, 4.69) is 5.32 Å². The van der Waals surface area contributed by atoms with Crippen LogP contribution in [0.2, 0.25) is 0 Å². The Hall–Kier alpha value is -1.07. The van der Waals surface area contributed by atoms with Gasteiger partial charge in [0.15, 0.2) is 0 Å². The zero-order valence-corrected chi connectivity index (χ0v) is 12.2. The summed E-state index contributed by atoms with van der Waals surface area (Å²) in [5.74, 6) is 0. The third-order valence-electron chi connectivity index (χ3n) is 4.50. The highest BCUT2D eigenvalue weighted by Crippen LogP contribution is 2.37. The second kappa shape index (κ2) is 6.36. The molecular formula is C16H22F3NO. The molecule has 0 saturated heterocycles. The molecule has 2 nitrogen and oxygen atoms in total. The van der Waals surface area contributed by atoms with Gasteiger partial charge in [-0.15, -0.1) is 0 Å². The standard InChI is InChI=1S/C16H22F3NO/c1-12(20-10-15(11-21)7-2-3-8-15)13-5-4-6-14(9-13)16(17,18)19/h4-6,9,12,20-21H,2-3,7-8,10-11H2,1H3. The molecule has 2 rings (SSSR count). The molecule has 0 spiro atoms. The molecule has 21 heavy (non-hydrogen) atoms. The normalized spacial score (nSPS) is 19.7. The first-order valence-corrected chi connectivity index (χ1v) is 7.38. The zero-order chi connectivity index (χ0) is 15.5. The number of aliphatic hydroxyl groups excluding tert-OH is 1. The van der Waals surface area contributed by atoms with E-state index in [1.807, 2.05) is 6.92 Å². The Labute approximate surface area is 123 Å². The van der Waals surface area contributed by atoms with E-state index < -0.39 is 11.7 Å². The number of rotatable bonds is 5. The Bertz CT molecular complexity index is 467. The van der Waals surface area contributed by atoms with Gasteiger partial charge in [0.25, 0.3) is 0 Å². The summed E-state index contributed by atoms with van der Waals surface area (Å²) >= 11 is 0. The van der Waals surface area contributed by atoms with E-state index in [1.54, 1.807) is 6.07 Å². The average molecular weight is 301 g/mol. The van der Waals surface area contributed by atoms with Crippen molar-refractivity contribution in [1.29, 1.82) is 0 Å². The monoisotopic (exact) mass is 301 g/mol. The molecule has 0 radical (unpaired) electrons. The van der Waals surface area contributed by atoms with E-state index in [-0.39, 0.29) is 18.1 Å². The Morgan fingerprint density at radius 2 is 1.95 bits per heavy atom. The van der Waals surface area contributed by atoms with Crippen LogP contribution in [-0.4, -0.2) is 18.3 Å². The lowest BCUT2D eigenvalue weighted by molar-refractivity contribution is -0.137. The Morgan fingerprint density at radius 1 is 1.29 bits per heavy atom. The number of alkyl halides is 3. The number of hydrogen-bond acceptors (Lipinski definition) is 2. The van der Waals surface area contributed by atoms with Crippen LogP contribution in [0.25, 0.3) is 0 Å². The topological polar surface area (TPSA) is 32.3 Å². The van der Waals surface area contributed by atoms with Gasteiger partial charge in [-0.05, 0) is 37.5 Å². The van der Waals surface area contributed by atoms with Crippen molar-refractivity contribution in [2.75, 3.05) is 13.2 Å². The van der Waals surface area contributed by atoms with Gasteiger partial charge >= 0.3 is 6.18 Å². The fourth-order valence-electron chi connectivity index (χ4n) is 2.99. The van der Waals surface area contributed by atoms with Crippen molar-refractivity contribution in [2.45, 2.75) is 44.8 Å². The highest BCUT2D eigenvalue weighted by atomic mass is 19.4. The van der Waals surface area contributed by atoms with Crippen LogP contribution in [0.1, 0.15) is 49.8 Å². The van der Waals surface area contributed by atoms with E-state index >= 15 is 0 Å². The van der Waals surface area contributed by atoms with Crippen LogP contribution in [0.3, 0.4) is 0 Å². The van der Waals surface area contributed by atoms with Gasteiger partial charge in [0.2, 0.25) is 0 Å². The maximum Gasteiger partial charge on any atom is 0.416 e. The van der Waals surface area contributed by atoms with Crippen molar-refractivity contribution < 1.29 is 18.3 Å². The Balaban J connectivity index is 2.02. The largest absolute Gasteiger partial charge is 0.416 e. The summed E-state index contributed by atoms with van der Waals surface area (Å²) in [6, 6.07) is 5.25. The lowest BCUT2D eigenvalue weighted by Crippen LogP contribution is -2.36. The molecule has 2 N–H and O–H groups in total. The molecule has 1 aromatic rings. The number of halogens is 3. The molecule has 1 aromatic carbocycles. The number of benzene rings is 1. The lowest BCUT2D eigenvalue weighted by Gasteiger charge is -2.29. The van der Waals surface area contributed by atoms with Crippen molar-refractivity contribution in [3.63, 3.8) is 0 Å². The van der Waals surface area contributed by atoms with Crippen LogP contribution in [0.15, 0.2) is 24.3 Å². The average Bonchev–Trinajstić information content (AvgIpc) is 2.93. The first-order valence-electron chi connectivity index (χ1n) is 7.38. The van der Waals surface area contributed by atoms with Crippen LogP contribution in [0.5, 0.6) is 0 Å². The minimum Gasteiger partial charge on any atom is -0.396 e. The predicted molar refractivity (Wildman–Crippen MR) is 75.8 cm³/mol. The second-order valence-electron chi connectivity index (χ2n) is 6.09. The molecule has 0 heterocycles. The third kappa shape index (κ3) is 3.98. The van der Waals surface area contributed by atoms with E-state index in [0.29, 0.717) is 12.1 Å². The molecule has 118 valence electrons. The van der Waals surface area contributed by atoms with Crippen LogP contribution in [-0.2, 0) is 6.18 Å². The van der Waals surface area contributed by atoms with Crippen molar-refractivity contribution in [3.8, 4) is 0 Å². The van der Waals surface area contributed by atoms with Crippen LogP contribution < -0.4 is 5.32 Å². The van der Waals surface area contributed by atoms with Crippen molar-refractivity contribution in [2.24, 2.45) is 5.41 Å². The summed E-state index contributed by atoms with van der Waals surface area (Å²) < 4.78 is 38.2. The molecule has 0 bridgehead atoms. The summed E-state index contributed by atoms with van der Waals surface area (Å²) in [5.41, 5.74) is -0.0992. The van der Waals surface area contributed by atoms with E-state index in [0.717, 1.165) is 31.7 Å². The highest BCUT2D eigenvalue weighted by molar-refractivity contribution is 5.27. The van der Waals surface area contributed by atoms with Gasteiger partial charge in [-0.25, -0.2) is 0 Å². The summed E-state index contributed by atoms with van der Waals surface area (Å²) in [7, 11) is 0. The number of nitrogens with one attached hydrogen (secondary N) is 1. The number of hydrogen-bond donors (Lipinski definition) is 2. The summed E-state index contributed by atoms with van der Waals surface area (Å²) in [6.07, 6.45) is -0.133. The SMILES string of the molecule is CC(NCC1(CO)CCCC1)c1cccc(C(F)(F)F)c1. The number of aliphatic hydroxyl groups is 1. The van der Waals surface area contributed by atoms with Gasteiger partial charge in [-0.1, -0.05) is 25.0 Å². The fraction of sp³-hybridized carbons (Fsp3) is 0.625. The maximum absolute atomic E-state index is 12.7. The predicted octanol–water partition coefficient (Wildman–Crippen LogP) is 3.91. The van der Waals surface area contributed by atoms with E-state index in [9.17, 15) is 18.3 Å². The third-order valence-corrected chi connectivity index (χ3v) is 4.50. The van der Waals surface area contributed by atoms with Gasteiger partial charge < -0.3 is 10.4 Å². The molecule has 1 unspecified atom stereocenters. The molecule has 0 aliphatic heterocycles. The van der Waals surface area contributed by atoms with Crippen molar-refractivity contribution >= 4 is 0 Å². The van der Waals surface area contributed by atoms with Crippen molar-refractivity contribution in [1.82, 2.24) is 5.32 Å². The van der Waals surface area contributed by atoms with E-state index in [1.165, 1.54) is 12.1 Å². The summed E-state index contributed by atoms with van der Waals surface area (Å²) in [6.45, 7) is 2.63.